The average Bonchev–Trinajstić information content (AvgIpc) is 4.10. The molecule has 7 nitrogen and oxygen atoms in total. The number of hydrogen-bond acceptors (Lipinski definition) is 4. The van der Waals surface area contributed by atoms with E-state index < -0.39 is 0 Å². The fraction of sp³-hybridized carbons (Fsp3) is 0. The molecule has 73 heavy (non-hydrogen) atoms. The van der Waals surface area contributed by atoms with Crippen molar-refractivity contribution in [1.82, 2.24) is 23.7 Å². The molecule has 0 aliphatic carbocycles. The van der Waals surface area contributed by atoms with Crippen LogP contribution < -0.4 is 0 Å². The van der Waals surface area contributed by atoms with Gasteiger partial charge in [0.05, 0.1) is 67.4 Å². The normalized spacial score (nSPS) is 11.5. The predicted molar refractivity (Wildman–Crippen MR) is 296 cm³/mol. The third-order valence-corrected chi connectivity index (χ3v) is 14.3. The summed E-state index contributed by atoms with van der Waals surface area (Å²) in [6.07, 6.45) is 0. The standard InChI is InChI=1S/C66H39N7/c67-40-46-36-65(47(41-68)35-54(46)42-27-29-44(30-28-42)58-39-57(43-15-3-1-4-16-43)69-66(70-58)45-17-5-2-6-18-45)73-63-33-31-48(71-59-23-11-7-19-50(59)51-20-8-12-24-60(51)71)37-55(63)56-38-49(32-34-64(56)73)72-61-25-13-9-21-52(61)53-22-10-14-26-62(53)72/h1-39H. The molecule has 4 heterocycles. The lowest BCUT2D eigenvalue weighted by atomic mass is 9.95. The first-order valence-electron chi connectivity index (χ1n) is 24.3. The minimum absolute atomic E-state index is 0.450. The zero-order valence-corrected chi connectivity index (χ0v) is 39.1. The van der Waals surface area contributed by atoms with E-state index >= 15 is 0 Å². The summed E-state index contributed by atoms with van der Waals surface area (Å²) in [4.78, 5) is 10.0. The van der Waals surface area contributed by atoms with Crippen molar-refractivity contribution in [2.75, 3.05) is 0 Å². The van der Waals surface area contributed by atoms with Crippen LogP contribution in [-0.4, -0.2) is 23.7 Å². The van der Waals surface area contributed by atoms with Gasteiger partial charge in [-0.2, -0.15) is 10.5 Å². The smallest absolute Gasteiger partial charge is 0.160 e. The molecule has 14 aromatic rings. The largest absolute Gasteiger partial charge is 0.309 e. The molecule has 0 aliphatic heterocycles. The van der Waals surface area contributed by atoms with Crippen molar-refractivity contribution in [2.45, 2.75) is 0 Å². The van der Waals surface area contributed by atoms with Gasteiger partial charge in [0.25, 0.3) is 0 Å². The van der Waals surface area contributed by atoms with Crippen LogP contribution in [0.15, 0.2) is 237 Å². The van der Waals surface area contributed by atoms with Gasteiger partial charge in [0.2, 0.25) is 0 Å². The lowest BCUT2D eigenvalue weighted by molar-refractivity contribution is 1.15. The van der Waals surface area contributed by atoms with Gasteiger partial charge in [-0.25, -0.2) is 9.97 Å². The van der Waals surface area contributed by atoms with Crippen LogP contribution >= 0.6 is 0 Å². The Labute approximate surface area is 419 Å². The highest BCUT2D eigenvalue weighted by atomic mass is 15.0. The monoisotopic (exact) mass is 929 g/mol. The second kappa shape index (κ2) is 16.7. The Kier molecular flexibility index (Phi) is 9.50. The summed E-state index contributed by atoms with van der Waals surface area (Å²) in [6.45, 7) is 0. The molecule has 0 saturated carbocycles. The molecule has 0 bridgehead atoms. The van der Waals surface area contributed by atoms with Crippen LogP contribution in [0.25, 0.3) is 128 Å². The first-order chi connectivity index (χ1) is 36.1. The maximum Gasteiger partial charge on any atom is 0.160 e. The summed E-state index contributed by atoms with van der Waals surface area (Å²) < 4.78 is 6.84. The topological polar surface area (TPSA) is 88.1 Å². The van der Waals surface area contributed by atoms with Gasteiger partial charge < -0.3 is 13.7 Å². The highest BCUT2D eigenvalue weighted by Gasteiger charge is 2.22. The van der Waals surface area contributed by atoms with Crippen LogP contribution in [0.5, 0.6) is 0 Å². The molecule has 14 rings (SSSR count). The van der Waals surface area contributed by atoms with Crippen LogP contribution in [0.2, 0.25) is 0 Å². The second-order valence-electron chi connectivity index (χ2n) is 18.4. The first-order valence-corrected chi connectivity index (χ1v) is 24.3. The number of fused-ring (bicyclic) bond motifs is 9. The number of rotatable bonds is 7. The number of para-hydroxylation sites is 4. The van der Waals surface area contributed by atoms with Gasteiger partial charge in [0.1, 0.15) is 6.07 Å². The summed E-state index contributed by atoms with van der Waals surface area (Å²) in [7, 11) is 0. The minimum Gasteiger partial charge on any atom is -0.309 e. The quantitative estimate of drug-likeness (QED) is 0.159. The Balaban J connectivity index is 0.942. The lowest BCUT2D eigenvalue weighted by Gasteiger charge is -2.15. The zero-order chi connectivity index (χ0) is 48.6. The summed E-state index contributed by atoms with van der Waals surface area (Å²) in [5, 5.41) is 28.9. The van der Waals surface area contributed by atoms with E-state index in [1.165, 1.54) is 21.5 Å². The molecule has 10 aromatic carbocycles. The second-order valence-corrected chi connectivity index (χ2v) is 18.4. The summed E-state index contributed by atoms with van der Waals surface area (Å²) >= 11 is 0. The molecule has 0 aliphatic rings. The fourth-order valence-corrected chi connectivity index (χ4v) is 11.0. The van der Waals surface area contributed by atoms with Crippen LogP contribution in [-0.2, 0) is 0 Å². The molecular formula is C66H39N7. The molecule has 0 unspecified atom stereocenters. The lowest BCUT2D eigenvalue weighted by Crippen LogP contribution is -2.01. The Morgan fingerprint density at radius 3 is 1.16 bits per heavy atom. The Morgan fingerprint density at radius 1 is 0.301 bits per heavy atom. The summed E-state index contributed by atoms with van der Waals surface area (Å²) in [5.74, 6) is 0.637. The average molecular weight is 930 g/mol. The molecule has 0 fully saturated rings. The number of nitrogens with zero attached hydrogens (tertiary/aromatic N) is 7. The number of hydrogen-bond donors (Lipinski definition) is 0. The summed E-state index contributed by atoms with van der Waals surface area (Å²) in [5.41, 5.74) is 15.9. The maximum atomic E-state index is 11.1. The van der Waals surface area contributed by atoms with Crippen molar-refractivity contribution < 1.29 is 0 Å². The van der Waals surface area contributed by atoms with Gasteiger partial charge in [-0.05, 0) is 84.4 Å². The molecule has 0 radical (unpaired) electrons. The van der Waals surface area contributed by atoms with Crippen molar-refractivity contribution in [1.29, 1.82) is 10.5 Å². The Bertz CT molecular complexity index is 4290. The van der Waals surface area contributed by atoms with Crippen molar-refractivity contribution >= 4 is 65.4 Å². The highest BCUT2D eigenvalue weighted by Crippen LogP contribution is 2.41. The number of nitriles is 2. The highest BCUT2D eigenvalue weighted by molar-refractivity contribution is 6.14. The van der Waals surface area contributed by atoms with Gasteiger partial charge in [0, 0.05) is 65.9 Å². The van der Waals surface area contributed by atoms with E-state index in [1.54, 1.807) is 0 Å². The molecule has 7 heteroatoms. The third kappa shape index (κ3) is 6.65. The van der Waals surface area contributed by atoms with E-state index in [4.69, 9.17) is 9.97 Å². The van der Waals surface area contributed by atoms with Crippen molar-refractivity contribution in [3.63, 3.8) is 0 Å². The van der Waals surface area contributed by atoms with Crippen LogP contribution in [0.1, 0.15) is 11.1 Å². The van der Waals surface area contributed by atoms with E-state index in [0.717, 1.165) is 88.9 Å². The van der Waals surface area contributed by atoms with Gasteiger partial charge in [-0.15, -0.1) is 0 Å². The van der Waals surface area contributed by atoms with E-state index in [-0.39, 0.29) is 0 Å². The molecule has 0 N–H and O–H groups in total. The third-order valence-electron chi connectivity index (χ3n) is 14.3. The summed E-state index contributed by atoms with van der Waals surface area (Å²) in [6, 6.07) is 86.5. The molecule has 0 atom stereocenters. The van der Waals surface area contributed by atoms with Crippen LogP contribution in [0, 0.1) is 22.7 Å². The SMILES string of the molecule is N#Cc1cc(-n2c3ccc(-n4c5ccccc5c5ccccc54)cc3c3cc(-n4c5ccccc5c5ccccc54)ccc32)c(C#N)cc1-c1ccc(-c2cc(-c3ccccc3)nc(-c3ccccc3)n2)cc1. The van der Waals surface area contributed by atoms with Crippen molar-refractivity contribution in [3.8, 4) is 74.2 Å². The molecule has 4 aromatic heterocycles. The van der Waals surface area contributed by atoms with Gasteiger partial charge >= 0.3 is 0 Å². The van der Waals surface area contributed by atoms with E-state index in [1.807, 2.05) is 91.0 Å². The van der Waals surface area contributed by atoms with Crippen molar-refractivity contribution in [3.05, 3.63) is 248 Å². The van der Waals surface area contributed by atoms with Gasteiger partial charge in [-0.1, -0.05) is 158 Å². The molecule has 0 spiro atoms. The van der Waals surface area contributed by atoms with E-state index in [9.17, 15) is 10.5 Å². The molecular weight excluding hydrogens is 891 g/mol. The number of aromatic nitrogens is 5. The zero-order valence-electron chi connectivity index (χ0n) is 39.1. The molecule has 338 valence electrons. The van der Waals surface area contributed by atoms with E-state index in [0.29, 0.717) is 28.2 Å². The molecule has 0 amide bonds. The fourth-order valence-electron chi connectivity index (χ4n) is 11.0. The van der Waals surface area contributed by atoms with Crippen LogP contribution in [0.3, 0.4) is 0 Å². The predicted octanol–water partition coefficient (Wildman–Crippen LogP) is 16.2. The minimum atomic E-state index is 0.450. The van der Waals surface area contributed by atoms with Crippen molar-refractivity contribution in [2.24, 2.45) is 0 Å². The first kappa shape index (κ1) is 41.6. The van der Waals surface area contributed by atoms with Crippen LogP contribution in [0.4, 0.5) is 0 Å². The Morgan fingerprint density at radius 2 is 0.699 bits per heavy atom. The maximum absolute atomic E-state index is 11.1. The molecule has 0 saturated heterocycles. The number of benzene rings is 10. The van der Waals surface area contributed by atoms with E-state index in [2.05, 4.69) is 171 Å². The van der Waals surface area contributed by atoms with Gasteiger partial charge in [-0.3, -0.25) is 0 Å². The Hall–Kier alpha value is -10.3. The van der Waals surface area contributed by atoms with Gasteiger partial charge in [0.15, 0.2) is 5.82 Å².